The zero-order valence-corrected chi connectivity index (χ0v) is 16.1. The molecule has 1 fully saturated rings. The Morgan fingerprint density at radius 3 is 2.61 bits per heavy atom. The first-order chi connectivity index (χ1) is 13.3. The number of benzene rings is 2. The summed E-state index contributed by atoms with van der Waals surface area (Å²) in [4.78, 5) is 11.5. The Balaban J connectivity index is 1.69. The summed E-state index contributed by atoms with van der Waals surface area (Å²) in [5.74, 6) is 0.0303. The van der Waals surface area contributed by atoms with Crippen LogP contribution in [0.5, 0.6) is 5.75 Å². The van der Waals surface area contributed by atoms with E-state index in [1.165, 1.54) is 17.2 Å². The zero-order chi connectivity index (χ0) is 19.7. The van der Waals surface area contributed by atoms with Gasteiger partial charge in [0.05, 0.1) is 16.2 Å². The van der Waals surface area contributed by atoms with E-state index in [0.717, 1.165) is 35.4 Å². The smallest absolute Gasteiger partial charge is 0.416 e. The van der Waals surface area contributed by atoms with Gasteiger partial charge in [-0.2, -0.15) is 13.2 Å². The number of allylic oxidation sites excluding steroid dienone is 4. The van der Waals surface area contributed by atoms with Crippen molar-refractivity contribution in [2.45, 2.75) is 31.0 Å². The number of hydrogen-bond donors (Lipinski definition) is 0. The summed E-state index contributed by atoms with van der Waals surface area (Å²) in [5, 5.41) is 1.95. The fourth-order valence-electron chi connectivity index (χ4n) is 5.06. The fourth-order valence-corrected chi connectivity index (χ4v) is 10.4. The molecule has 0 radical (unpaired) electrons. The molecule has 142 valence electrons. The Kier molecular flexibility index (Phi) is 3.42. The van der Waals surface area contributed by atoms with Crippen molar-refractivity contribution < 1.29 is 22.4 Å². The summed E-state index contributed by atoms with van der Waals surface area (Å²) in [7, 11) is -2.73. The van der Waals surface area contributed by atoms with Crippen LogP contribution in [-0.4, -0.2) is 14.6 Å². The molecule has 1 saturated heterocycles. The van der Waals surface area contributed by atoms with E-state index in [-0.39, 0.29) is 16.4 Å². The van der Waals surface area contributed by atoms with Crippen molar-refractivity contribution in [1.29, 1.82) is 0 Å². The van der Waals surface area contributed by atoms with Crippen molar-refractivity contribution >= 4 is 19.8 Å². The zero-order valence-electron chi connectivity index (χ0n) is 15.1. The summed E-state index contributed by atoms with van der Waals surface area (Å²) in [5.41, 5.74) is 1.77. The van der Waals surface area contributed by atoms with E-state index >= 15 is 0 Å². The third-order valence-electron chi connectivity index (χ3n) is 6.35. The van der Waals surface area contributed by atoms with Crippen LogP contribution in [0.3, 0.4) is 0 Å². The maximum absolute atomic E-state index is 13.3. The third-order valence-corrected chi connectivity index (χ3v) is 11.3. The van der Waals surface area contributed by atoms with Gasteiger partial charge in [-0.05, 0) is 59.5 Å². The molecule has 5 rings (SSSR count). The Morgan fingerprint density at radius 2 is 1.86 bits per heavy atom. The van der Waals surface area contributed by atoms with Crippen molar-refractivity contribution in [3.05, 3.63) is 82.1 Å². The predicted molar refractivity (Wildman–Crippen MR) is 102 cm³/mol. The highest BCUT2D eigenvalue weighted by Gasteiger charge is 2.78. The predicted octanol–water partition coefficient (Wildman–Crippen LogP) is 4.76. The molecule has 0 aromatic heterocycles. The minimum absolute atomic E-state index is 0.0303. The van der Waals surface area contributed by atoms with Crippen LogP contribution in [0.4, 0.5) is 13.2 Å². The molecule has 0 saturated carbocycles. The van der Waals surface area contributed by atoms with Gasteiger partial charge in [-0.3, -0.25) is 4.79 Å². The van der Waals surface area contributed by atoms with Crippen LogP contribution in [0.25, 0.3) is 0 Å². The van der Waals surface area contributed by atoms with E-state index in [4.69, 9.17) is 4.43 Å². The molecular formula is C22H17F3O2Si. The van der Waals surface area contributed by atoms with Gasteiger partial charge in [-0.25, -0.2) is 0 Å². The molecule has 2 heterocycles. The Morgan fingerprint density at radius 1 is 1.11 bits per heavy atom. The lowest BCUT2D eigenvalue weighted by Gasteiger charge is -2.67. The molecule has 1 aliphatic carbocycles. The summed E-state index contributed by atoms with van der Waals surface area (Å²) in [6.45, 7) is 2.13. The van der Waals surface area contributed by atoms with Crippen LogP contribution in [0.1, 0.15) is 41.3 Å². The average Bonchev–Trinajstić information content (AvgIpc) is 2.70. The molecule has 6 heteroatoms. The standard InChI is InChI=1S/C22H17F3O2Si/c1-21-16-6-2-4-8-19(16)28(21,20-9-5-3-7-17(20)21)27-18-12-15(22(23,24)25)11-10-14(18)13-26/h2,4,6-13H,3,5H2,1H3. The van der Waals surface area contributed by atoms with Gasteiger partial charge in [-0.1, -0.05) is 36.4 Å². The number of fused-ring (bicyclic) bond motifs is 7. The maximum Gasteiger partial charge on any atom is 0.416 e. The van der Waals surface area contributed by atoms with E-state index in [0.29, 0.717) is 6.29 Å². The summed E-state index contributed by atoms with van der Waals surface area (Å²) in [6.07, 6.45) is 2.34. The molecule has 3 aliphatic rings. The molecule has 0 spiro atoms. The van der Waals surface area contributed by atoms with Crippen molar-refractivity contribution in [2.24, 2.45) is 0 Å². The van der Waals surface area contributed by atoms with Crippen molar-refractivity contribution in [2.75, 3.05) is 0 Å². The van der Waals surface area contributed by atoms with E-state index in [1.54, 1.807) is 0 Å². The molecule has 2 aromatic rings. The molecule has 0 bridgehead atoms. The van der Waals surface area contributed by atoms with Gasteiger partial charge in [0.25, 0.3) is 0 Å². The minimum Gasteiger partial charge on any atom is -0.533 e. The number of alkyl halides is 3. The van der Waals surface area contributed by atoms with Crippen LogP contribution in [-0.2, 0) is 11.2 Å². The second kappa shape index (κ2) is 5.47. The Hall–Kier alpha value is -2.60. The quantitative estimate of drug-likeness (QED) is 0.551. The third kappa shape index (κ3) is 1.91. The lowest BCUT2D eigenvalue weighted by Crippen LogP contribution is -2.86. The second-order valence-corrected chi connectivity index (χ2v) is 11.3. The first kappa shape index (κ1) is 17.5. The molecule has 2 unspecified atom stereocenters. The number of carbonyl (C=O) groups is 1. The van der Waals surface area contributed by atoms with Crippen LogP contribution in [0.15, 0.2) is 65.4 Å². The van der Waals surface area contributed by atoms with E-state index in [2.05, 4.69) is 25.1 Å². The van der Waals surface area contributed by atoms with Crippen molar-refractivity contribution in [3.8, 4) is 5.75 Å². The average molecular weight is 398 g/mol. The Labute approximate surface area is 161 Å². The van der Waals surface area contributed by atoms with E-state index < -0.39 is 20.1 Å². The molecule has 0 amide bonds. The van der Waals surface area contributed by atoms with Gasteiger partial charge in [0, 0.05) is 0 Å². The minimum atomic E-state index is -4.49. The number of rotatable bonds is 3. The topological polar surface area (TPSA) is 26.3 Å². The van der Waals surface area contributed by atoms with Crippen molar-refractivity contribution in [1.82, 2.24) is 0 Å². The second-order valence-electron chi connectivity index (χ2n) is 7.63. The number of aldehydes is 1. The van der Waals surface area contributed by atoms with Gasteiger partial charge in [0.2, 0.25) is 0 Å². The highest BCUT2D eigenvalue weighted by molar-refractivity contribution is 7.04. The maximum atomic E-state index is 13.3. The van der Waals surface area contributed by atoms with E-state index in [1.807, 2.05) is 18.2 Å². The fraction of sp³-hybridized carbons (Fsp3) is 0.227. The lowest BCUT2D eigenvalue weighted by molar-refractivity contribution is -0.137. The normalized spacial score (nSPS) is 27.1. The SMILES string of the molecule is CC12C3=CCCC=C3[Si]1(Oc1cc(C(F)(F)F)ccc1C=O)c1ccccc12. The van der Waals surface area contributed by atoms with Gasteiger partial charge in [-0.15, -0.1) is 0 Å². The molecular weight excluding hydrogens is 381 g/mol. The molecule has 2 atom stereocenters. The highest BCUT2D eigenvalue weighted by atomic mass is 28.4. The molecule has 0 N–H and O–H groups in total. The summed E-state index contributed by atoms with van der Waals surface area (Å²) in [6, 6.07) is 11.1. The number of carbonyl (C=O) groups excluding carboxylic acids is 1. The highest BCUT2D eigenvalue weighted by Crippen LogP contribution is 2.64. The number of halogens is 3. The summed E-state index contributed by atoms with van der Waals surface area (Å²) >= 11 is 0. The molecule has 28 heavy (non-hydrogen) atoms. The monoisotopic (exact) mass is 398 g/mol. The number of hydrogen-bond acceptors (Lipinski definition) is 2. The van der Waals surface area contributed by atoms with Crippen LogP contribution >= 0.6 is 0 Å². The van der Waals surface area contributed by atoms with Gasteiger partial charge >= 0.3 is 14.5 Å². The van der Waals surface area contributed by atoms with Crippen LogP contribution < -0.4 is 9.61 Å². The molecule has 2 aliphatic heterocycles. The van der Waals surface area contributed by atoms with Crippen molar-refractivity contribution in [3.63, 3.8) is 0 Å². The molecule has 2 aromatic carbocycles. The van der Waals surface area contributed by atoms with Crippen LogP contribution in [0.2, 0.25) is 0 Å². The largest absolute Gasteiger partial charge is 0.533 e. The van der Waals surface area contributed by atoms with Crippen LogP contribution in [0, 0.1) is 0 Å². The van der Waals surface area contributed by atoms with Gasteiger partial charge < -0.3 is 4.43 Å². The lowest BCUT2D eigenvalue weighted by atomic mass is 9.84. The first-order valence-electron chi connectivity index (χ1n) is 9.21. The molecule has 2 nitrogen and oxygen atoms in total. The Bertz CT molecular complexity index is 1090. The first-order valence-corrected chi connectivity index (χ1v) is 11.1. The van der Waals surface area contributed by atoms with Gasteiger partial charge in [0.15, 0.2) is 6.29 Å². The van der Waals surface area contributed by atoms with E-state index in [9.17, 15) is 18.0 Å². The van der Waals surface area contributed by atoms with Gasteiger partial charge in [0.1, 0.15) is 5.75 Å². The summed E-state index contributed by atoms with van der Waals surface area (Å²) < 4.78 is 46.3.